The van der Waals surface area contributed by atoms with E-state index in [0.29, 0.717) is 11.3 Å². The number of benzene rings is 2. The van der Waals surface area contributed by atoms with E-state index < -0.39 is 12.4 Å². The first-order chi connectivity index (χ1) is 12.5. The zero-order valence-corrected chi connectivity index (χ0v) is 14.4. The monoisotopic (exact) mass is 355 g/mol. The van der Waals surface area contributed by atoms with Gasteiger partial charge in [0.25, 0.3) is 5.91 Å². The standard InChI is InChI=1S/C19H21N3O4/c1-13(14-5-3-2-4-6-14)21-18(25)12-26-16-9-7-15(8-10-16)19(22-20)17(24)11-23/h2-10,13,23H,11-12,20H2,1H3,(H,21,25)/b22-19+. The Morgan fingerprint density at radius 3 is 2.38 bits per heavy atom. The number of Topliss-reactive ketones (excluding diaryl/α,β-unsaturated/α-hetero) is 1. The molecule has 1 amide bonds. The molecule has 1 atom stereocenters. The van der Waals surface area contributed by atoms with Gasteiger partial charge in [0, 0.05) is 5.56 Å². The van der Waals surface area contributed by atoms with Gasteiger partial charge in [0.15, 0.2) is 6.61 Å². The SMILES string of the molecule is CC(NC(=O)COc1ccc(/C(=N\N)C(=O)CO)cc1)c1ccccc1. The summed E-state index contributed by atoms with van der Waals surface area (Å²) in [4.78, 5) is 23.5. The smallest absolute Gasteiger partial charge is 0.258 e. The summed E-state index contributed by atoms with van der Waals surface area (Å²) in [5, 5.41) is 15.1. The Balaban J connectivity index is 1.89. The molecule has 7 nitrogen and oxygen atoms in total. The van der Waals surface area contributed by atoms with Gasteiger partial charge in [0.2, 0.25) is 5.78 Å². The highest BCUT2D eigenvalue weighted by molar-refractivity contribution is 6.46. The van der Waals surface area contributed by atoms with Crippen LogP contribution in [0.25, 0.3) is 0 Å². The zero-order valence-electron chi connectivity index (χ0n) is 14.4. The maximum Gasteiger partial charge on any atom is 0.258 e. The average molecular weight is 355 g/mol. The fourth-order valence-electron chi connectivity index (χ4n) is 2.35. The van der Waals surface area contributed by atoms with Crippen LogP contribution in [0.1, 0.15) is 24.1 Å². The summed E-state index contributed by atoms with van der Waals surface area (Å²) in [7, 11) is 0. The van der Waals surface area contributed by atoms with Crippen molar-refractivity contribution in [1.29, 1.82) is 0 Å². The van der Waals surface area contributed by atoms with Gasteiger partial charge in [-0.05, 0) is 36.8 Å². The molecule has 0 saturated carbocycles. The van der Waals surface area contributed by atoms with Crippen molar-refractivity contribution in [1.82, 2.24) is 5.32 Å². The lowest BCUT2D eigenvalue weighted by atomic mass is 10.1. The van der Waals surface area contributed by atoms with E-state index in [1.807, 2.05) is 37.3 Å². The van der Waals surface area contributed by atoms with Crippen LogP contribution in [-0.2, 0) is 9.59 Å². The minimum atomic E-state index is -0.673. The number of carbonyl (C=O) groups excluding carboxylic acids is 2. The molecule has 0 bridgehead atoms. The number of hydrogen-bond donors (Lipinski definition) is 3. The molecule has 0 radical (unpaired) electrons. The highest BCUT2D eigenvalue weighted by Crippen LogP contribution is 2.14. The largest absolute Gasteiger partial charge is 0.484 e. The lowest BCUT2D eigenvalue weighted by Gasteiger charge is -2.14. The number of nitrogens with one attached hydrogen (secondary N) is 1. The molecule has 2 aromatic rings. The lowest BCUT2D eigenvalue weighted by Crippen LogP contribution is -2.31. The summed E-state index contributed by atoms with van der Waals surface area (Å²) in [6.07, 6.45) is 0. The Bertz CT molecular complexity index is 773. The topological polar surface area (TPSA) is 114 Å². The van der Waals surface area contributed by atoms with Crippen LogP contribution >= 0.6 is 0 Å². The maximum absolute atomic E-state index is 12.0. The van der Waals surface area contributed by atoms with Gasteiger partial charge >= 0.3 is 0 Å². The number of rotatable bonds is 8. The van der Waals surface area contributed by atoms with Crippen molar-refractivity contribution in [3.05, 3.63) is 65.7 Å². The average Bonchev–Trinajstić information content (AvgIpc) is 2.68. The summed E-state index contributed by atoms with van der Waals surface area (Å²) < 4.78 is 5.44. The first-order valence-corrected chi connectivity index (χ1v) is 8.04. The third kappa shape index (κ3) is 5.15. The van der Waals surface area contributed by atoms with E-state index in [9.17, 15) is 9.59 Å². The van der Waals surface area contributed by atoms with Crippen molar-refractivity contribution in [3.63, 3.8) is 0 Å². The molecule has 0 saturated heterocycles. The van der Waals surface area contributed by atoms with Gasteiger partial charge < -0.3 is 21.0 Å². The Kier molecular flexibility index (Phi) is 6.87. The minimum Gasteiger partial charge on any atom is -0.484 e. The van der Waals surface area contributed by atoms with Crippen LogP contribution in [0.15, 0.2) is 59.7 Å². The lowest BCUT2D eigenvalue weighted by molar-refractivity contribution is -0.123. The van der Waals surface area contributed by atoms with Gasteiger partial charge in [-0.3, -0.25) is 9.59 Å². The highest BCUT2D eigenvalue weighted by Gasteiger charge is 2.13. The molecule has 0 aliphatic heterocycles. The molecule has 0 spiro atoms. The second-order valence-corrected chi connectivity index (χ2v) is 5.57. The second-order valence-electron chi connectivity index (χ2n) is 5.57. The molecule has 7 heteroatoms. The molecule has 0 aliphatic rings. The molecule has 1 unspecified atom stereocenters. The minimum absolute atomic E-state index is 0.0199. The summed E-state index contributed by atoms with van der Waals surface area (Å²) in [6, 6.07) is 15.9. The second kappa shape index (κ2) is 9.33. The molecular weight excluding hydrogens is 334 g/mol. The molecule has 2 aromatic carbocycles. The van der Waals surface area contributed by atoms with E-state index in [-0.39, 0.29) is 24.3 Å². The van der Waals surface area contributed by atoms with E-state index in [2.05, 4.69) is 10.4 Å². The van der Waals surface area contributed by atoms with Gasteiger partial charge in [0.05, 0.1) is 6.04 Å². The quantitative estimate of drug-likeness (QED) is 0.374. The van der Waals surface area contributed by atoms with Crippen molar-refractivity contribution in [2.45, 2.75) is 13.0 Å². The van der Waals surface area contributed by atoms with E-state index in [1.54, 1.807) is 24.3 Å². The van der Waals surface area contributed by atoms with Crippen molar-refractivity contribution in [3.8, 4) is 5.75 Å². The molecule has 136 valence electrons. The van der Waals surface area contributed by atoms with Crippen molar-refractivity contribution < 1.29 is 19.4 Å². The molecule has 0 fully saturated rings. The molecule has 2 rings (SSSR count). The van der Waals surface area contributed by atoms with Crippen LogP contribution in [0.3, 0.4) is 0 Å². The van der Waals surface area contributed by atoms with Gasteiger partial charge in [-0.1, -0.05) is 30.3 Å². The van der Waals surface area contributed by atoms with Crippen molar-refractivity contribution in [2.75, 3.05) is 13.2 Å². The first-order valence-electron chi connectivity index (χ1n) is 8.04. The number of ether oxygens (including phenoxy) is 1. The van der Waals surface area contributed by atoms with Crippen molar-refractivity contribution >= 4 is 17.4 Å². The Morgan fingerprint density at radius 2 is 1.81 bits per heavy atom. The maximum atomic E-state index is 12.0. The first kappa shape index (κ1) is 19.1. The summed E-state index contributed by atoms with van der Waals surface area (Å²) in [6.45, 7) is 1.09. The molecule has 26 heavy (non-hydrogen) atoms. The molecular formula is C19H21N3O4. The van der Waals surface area contributed by atoms with Gasteiger partial charge in [-0.15, -0.1) is 0 Å². The Morgan fingerprint density at radius 1 is 1.15 bits per heavy atom. The number of hydrogen-bond acceptors (Lipinski definition) is 6. The predicted molar refractivity (Wildman–Crippen MR) is 97.8 cm³/mol. The Hall–Kier alpha value is -3.19. The molecule has 0 aliphatic carbocycles. The fourth-order valence-corrected chi connectivity index (χ4v) is 2.35. The molecule has 4 N–H and O–H groups in total. The predicted octanol–water partition coefficient (Wildman–Crippen LogP) is 1.17. The van der Waals surface area contributed by atoms with E-state index in [0.717, 1.165) is 5.56 Å². The summed E-state index contributed by atoms with van der Waals surface area (Å²) >= 11 is 0. The number of aliphatic hydroxyl groups is 1. The molecule has 0 aromatic heterocycles. The van der Waals surface area contributed by atoms with Gasteiger partial charge in [0.1, 0.15) is 18.1 Å². The number of nitrogens with two attached hydrogens (primary N) is 1. The van der Waals surface area contributed by atoms with E-state index >= 15 is 0 Å². The highest BCUT2D eigenvalue weighted by atomic mass is 16.5. The van der Waals surface area contributed by atoms with Gasteiger partial charge in [-0.25, -0.2) is 0 Å². The summed E-state index contributed by atoms with van der Waals surface area (Å²) in [5.41, 5.74) is 1.45. The van der Waals surface area contributed by atoms with E-state index in [1.165, 1.54) is 0 Å². The zero-order chi connectivity index (χ0) is 18.9. The third-order valence-electron chi connectivity index (χ3n) is 3.71. The van der Waals surface area contributed by atoms with E-state index in [4.69, 9.17) is 15.7 Å². The number of aliphatic hydroxyl groups excluding tert-OH is 1. The number of carbonyl (C=O) groups is 2. The van der Waals surface area contributed by atoms with Crippen LogP contribution < -0.4 is 15.9 Å². The number of hydrazone groups is 1. The fraction of sp³-hybridized carbons (Fsp3) is 0.211. The normalized spacial score (nSPS) is 12.3. The number of amides is 1. The van der Waals surface area contributed by atoms with Crippen LogP contribution in [0.4, 0.5) is 0 Å². The van der Waals surface area contributed by atoms with Crippen LogP contribution in [-0.4, -0.2) is 35.7 Å². The third-order valence-corrected chi connectivity index (χ3v) is 3.71. The Labute approximate surface area is 151 Å². The van der Waals surface area contributed by atoms with Crippen LogP contribution in [0, 0.1) is 0 Å². The summed E-state index contributed by atoms with van der Waals surface area (Å²) in [5.74, 6) is 4.83. The number of nitrogens with zero attached hydrogens (tertiary/aromatic N) is 1. The van der Waals surface area contributed by atoms with Crippen LogP contribution in [0.5, 0.6) is 5.75 Å². The number of ketones is 1. The van der Waals surface area contributed by atoms with Crippen LogP contribution in [0.2, 0.25) is 0 Å². The molecule has 0 heterocycles. The van der Waals surface area contributed by atoms with Gasteiger partial charge in [-0.2, -0.15) is 5.10 Å². The van der Waals surface area contributed by atoms with Crippen molar-refractivity contribution in [2.24, 2.45) is 10.9 Å².